The summed E-state index contributed by atoms with van der Waals surface area (Å²) in [6, 6.07) is 12.2. The first-order valence-corrected chi connectivity index (χ1v) is 8.23. The summed E-state index contributed by atoms with van der Waals surface area (Å²) >= 11 is 0. The number of allylic oxidation sites excluding steroid dienone is 1. The summed E-state index contributed by atoms with van der Waals surface area (Å²) in [6.45, 7) is 7.33. The lowest BCUT2D eigenvalue weighted by atomic mass is 9.98. The second-order valence-corrected chi connectivity index (χ2v) is 6.05. The molecule has 7 nitrogen and oxygen atoms in total. The van der Waals surface area contributed by atoms with Crippen LogP contribution in [0.1, 0.15) is 22.6 Å². The number of hydrogen-bond acceptors (Lipinski definition) is 6. The predicted octanol–water partition coefficient (Wildman–Crippen LogP) is 3.74. The van der Waals surface area contributed by atoms with Gasteiger partial charge < -0.3 is 0 Å². The summed E-state index contributed by atoms with van der Waals surface area (Å²) < 4.78 is 27.1. The molecule has 0 aliphatic heterocycles. The molecule has 0 spiro atoms. The van der Waals surface area contributed by atoms with Gasteiger partial charge in [0, 0.05) is 23.3 Å². The number of hydrogen-bond donors (Lipinski definition) is 0. The number of pyridine rings is 1. The van der Waals surface area contributed by atoms with Crippen LogP contribution in [-0.4, -0.2) is 15.0 Å². The van der Waals surface area contributed by atoms with Crippen molar-refractivity contribution in [2.24, 2.45) is 0 Å². The van der Waals surface area contributed by atoms with Crippen LogP contribution in [0.25, 0.3) is 32.8 Å². The van der Waals surface area contributed by atoms with Crippen LogP contribution in [0.3, 0.4) is 0 Å². The van der Waals surface area contributed by atoms with E-state index in [1.54, 1.807) is 36.4 Å². The first kappa shape index (κ1) is 18.4. The highest BCUT2D eigenvalue weighted by Crippen LogP contribution is 2.45. The number of nitriles is 3. The van der Waals surface area contributed by atoms with Gasteiger partial charge in [-0.2, -0.15) is 24.3 Å². The Balaban J connectivity index is 2.05. The third-order valence-electron chi connectivity index (χ3n) is 4.44. The van der Waals surface area contributed by atoms with Crippen LogP contribution in [-0.2, 0) is 0 Å². The summed E-state index contributed by atoms with van der Waals surface area (Å²) in [4.78, 5) is 14.7. The SMILES string of the molecule is [C-]#[N+]/C(C#N)=C1\c2cc(-c3cc(F)nc(F)c3)ccc2-c2nc(C#N)c(C#N)nc21. The fraction of sp³-hybridized carbons (Fsp3) is 0. The van der Waals surface area contributed by atoms with Crippen molar-refractivity contribution in [2.75, 3.05) is 0 Å². The Morgan fingerprint density at radius 3 is 2.03 bits per heavy atom. The molecule has 0 N–H and O–H groups in total. The molecule has 1 aliphatic rings. The molecule has 2 aromatic heterocycles. The lowest BCUT2D eigenvalue weighted by molar-refractivity contribution is 0.513. The minimum Gasteiger partial charge on any atom is -0.233 e. The predicted molar refractivity (Wildman–Crippen MR) is 98.3 cm³/mol. The molecule has 1 aromatic carbocycles. The van der Waals surface area contributed by atoms with Crippen LogP contribution in [0.5, 0.6) is 0 Å². The summed E-state index contributed by atoms with van der Waals surface area (Å²) in [6.07, 6.45) is 0. The minimum absolute atomic E-state index is 0.123. The maximum absolute atomic E-state index is 13.6. The molecule has 0 saturated carbocycles. The van der Waals surface area contributed by atoms with E-state index in [-0.39, 0.29) is 39.6 Å². The third-order valence-corrected chi connectivity index (χ3v) is 4.44. The number of benzene rings is 1. The van der Waals surface area contributed by atoms with E-state index in [1.807, 2.05) is 0 Å². The molecule has 0 unspecified atom stereocenters. The zero-order chi connectivity index (χ0) is 21.4. The van der Waals surface area contributed by atoms with Crippen LogP contribution >= 0.6 is 0 Å². The highest BCUT2D eigenvalue weighted by atomic mass is 19.1. The average molecular weight is 393 g/mol. The van der Waals surface area contributed by atoms with Gasteiger partial charge in [0.2, 0.25) is 11.9 Å². The van der Waals surface area contributed by atoms with Gasteiger partial charge in [-0.15, -0.1) is 0 Å². The Kier molecular flexibility index (Phi) is 4.21. The summed E-state index contributed by atoms with van der Waals surface area (Å²) in [5.41, 5.74) is 1.26. The van der Waals surface area contributed by atoms with Gasteiger partial charge in [-0.25, -0.2) is 20.1 Å². The summed E-state index contributed by atoms with van der Waals surface area (Å²) in [7, 11) is 0. The number of fused-ring (bicyclic) bond motifs is 3. The van der Waals surface area contributed by atoms with Crippen molar-refractivity contribution in [2.45, 2.75) is 0 Å². The third kappa shape index (κ3) is 2.72. The second-order valence-electron chi connectivity index (χ2n) is 6.05. The molecule has 3 aromatic rings. The maximum Gasteiger partial charge on any atom is 0.271 e. The normalized spacial score (nSPS) is 12.6. The van der Waals surface area contributed by atoms with E-state index in [0.717, 1.165) is 12.1 Å². The minimum atomic E-state index is -0.996. The van der Waals surface area contributed by atoms with Gasteiger partial charge in [0.15, 0.2) is 11.4 Å². The lowest BCUT2D eigenvalue weighted by Gasteiger charge is -2.07. The van der Waals surface area contributed by atoms with Crippen molar-refractivity contribution in [3.05, 3.63) is 82.0 Å². The monoisotopic (exact) mass is 393 g/mol. The topological polar surface area (TPSA) is 114 Å². The standard InChI is InChI=1S/C21H5F2N7/c1-27-16(9-26)19-13-4-10(11-5-17(22)30-18(23)6-11)2-3-12(13)20-21(19)29-15(8-25)14(7-24)28-20/h2-6H/b19-16+. The molecule has 2 heterocycles. The Hall–Kier alpha value is -4.99. The number of halogens is 2. The van der Waals surface area contributed by atoms with E-state index in [1.165, 1.54) is 0 Å². The smallest absolute Gasteiger partial charge is 0.233 e. The largest absolute Gasteiger partial charge is 0.271 e. The van der Waals surface area contributed by atoms with Gasteiger partial charge >= 0.3 is 0 Å². The Bertz CT molecular complexity index is 1420. The van der Waals surface area contributed by atoms with Crippen LogP contribution in [0, 0.1) is 52.5 Å². The van der Waals surface area contributed by atoms with Gasteiger partial charge in [-0.05, 0) is 22.8 Å². The molecule has 138 valence electrons. The van der Waals surface area contributed by atoms with Gasteiger partial charge in [0.05, 0.1) is 24.0 Å². The van der Waals surface area contributed by atoms with E-state index < -0.39 is 11.9 Å². The van der Waals surface area contributed by atoms with E-state index in [9.17, 15) is 24.6 Å². The van der Waals surface area contributed by atoms with E-state index in [2.05, 4.69) is 19.8 Å². The van der Waals surface area contributed by atoms with E-state index in [0.29, 0.717) is 16.7 Å². The molecule has 0 atom stereocenters. The summed E-state index contributed by atoms with van der Waals surface area (Å²) in [5.74, 6) is -1.99. The molecular formula is C21H5F2N7. The zero-order valence-electron chi connectivity index (χ0n) is 14.8. The molecule has 0 radical (unpaired) electrons. The Labute approximate surface area is 168 Å². The quantitative estimate of drug-likeness (QED) is 0.276. The average Bonchev–Trinajstić information content (AvgIpc) is 3.05. The number of rotatable bonds is 1. The molecule has 4 rings (SSSR count). The highest BCUT2D eigenvalue weighted by molar-refractivity contribution is 6.02. The molecular weight excluding hydrogens is 388 g/mol. The van der Waals surface area contributed by atoms with Crippen molar-refractivity contribution in [1.29, 1.82) is 15.8 Å². The maximum atomic E-state index is 13.6. The van der Waals surface area contributed by atoms with Crippen LogP contribution in [0.4, 0.5) is 8.78 Å². The molecule has 1 aliphatic carbocycles. The summed E-state index contributed by atoms with van der Waals surface area (Å²) in [5, 5.41) is 27.9. The van der Waals surface area contributed by atoms with Crippen LogP contribution in [0.2, 0.25) is 0 Å². The molecule has 0 saturated heterocycles. The van der Waals surface area contributed by atoms with E-state index >= 15 is 0 Å². The first-order chi connectivity index (χ1) is 14.5. The fourth-order valence-corrected chi connectivity index (χ4v) is 3.23. The van der Waals surface area contributed by atoms with E-state index in [4.69, 9.17) is 6.57 Å². The van der Waals surface area contributed by atoms with Crippen molar-refractivity contribution in [3.8, 4) is 40.6 Å². The van der Waals surface area contributed by atoms with Gasteiger partial charge in [0.1, 0.15) is 12.1 Å². The van der Waals surface area contributed by atoms with Crippen molar-refractivity contribution < 1.29 is 8.78 Å². The van der Waals surface area contributed by atoms with Crippen molar-refractivity contribution >= 4 is 5.57 Å². The van der Waals surface area contributed by atoms with Gasteiger partial charge in [-0.3, -0.25) is 0 Å². The van der Waals surface area contributed by atoms with Crippen molar-refractivity contribution in [3.63, 3.8) is 0 Å². The fourth-order valence-electron chi connectivity index (χ4n) is 3.23. The lowest BCUT2D eigenvalue weighted by Crippen LogP contribution is -2.00. The van der Waals surface area contributed by atoms with Crippen LogP contribution < -0.4 is 0 Å². The number of nitrogens with zero attached hydrogens (tertiary/aromatic N) is 7. The Morgan fingerprint density at radius 2 is 1.47 bits per heavy atom. The van der Waals surface area contributed by atoms with Crippen LogP contribution in [0.15, 0.2) is 36.0 Å². The van der Waals surface area contributed by atoms with Gasteiger partial charge in [0.25, 0.3) is 5.70 Å². The highest BCUT2D eigenvalue weighted by Gasteiger charge is 2.31. The molecule has 0 bridgehead atoms. The number of aromatic nitrogens is 3. The van der Waals surface area contributed by atoms with Gasteiger partial charge in [-0.1, -0.05) is 12.1 Å². The molecule has 9 heteroatoms. The Morgan fingerprint density at radius 1 is 0.833 bits per heavy atom. The molecule has 30 heavy (non-hydrogen) atoms. The first-order valence-electron chi connectivity index (χ1n) is 8.23. The second kappa shape index (κ2) is 6.87. The molecule has 0 fully saturated rings. The zero-order valence-corrected chi connectivity index (χ0v) is 14.8. The van der Waals surface area contributed by atoms with Crippen molar-refractivity contribution in [1.82, 2.24) is 15.0 Å². The molecule has 0 amide bonds.